The average molecular weight is 475 g/mol. The van der Waals surface area contributed by atoms with Gasteiger partial charge in [0.2, 0.25) is 0 Å². The summed E-state index contributed by atoms with van der Waals surface area (Å²) in [6.45, 7) is 6.54. The first-order chi connectivity index (χ1) is 16.8. The number of para-hydroxylation sites is 1. The second-order valence-corrected chi connectivity index (χ2v) is 8.50. The first-order valence-electron chi connectivity index (χ1n) is 11.3. The number of ether oxygens (including phenoxy) is 2. The van der Waals surface area contributed by atoms with E-state index in [1.165, 1.54) is 17.9 Å². The molecule has 0 atom stereocenters. The number of anilines is 1. The molecule has 0 aliphatic carbocycles. The molecule has 3 rings (SSSR count). The summed E-state index contributed by atoms with van der Waals surface area (Å²) in [5.41, 5.74) is 1.42. The van der Waals surface area contributed by atoms with Crippen LogP contribution in [0.15, 0.2) is 58.9 Å². The summed E-state index contributed by atoms with van der Waals surface area (Å²) in [5, 5.41) is 12.3. The van der Waals surface area contributed by atoms with Crippen molar-refractivity contribution in [3.05, 3.63) is 75.7 Å². The molecule has 8 nitrogen and oxygen atoms in total. The Hall–Kier alpha value is -4.25. The molecule has 2 aromatic carbocycles. The Bertz CT molecular complexity index is 1330. The number of methoxy groups -OCH3 is 1. The van der Waals surface area contributed by atoms with Crippen LogP contribution in [0.5, 0.6) is 11.5 Å². The van der Waals surface area contributed by atoms with Crippen molar-refractivity contribution < 1.29 is 14.3 Å². The summed E-state index contributed by atoms with van der Waals surface area (Å²) >= 11 is 0. The van der Waals surface area contributed by atoms with Crippen molar-refractivity contribution in [3.63, 3.8) is 0 Å². The van der Waals surface area contributed by atoms with Crippen LogP contribution in [0.25, 0.3) is 11.8 Å². The zero-order valence-corrected chi connectivity index (χ0v) is 20.7. The van der Waals surface area contributed by atoms with E-state index in [0.717, 1.165) is 6.42 Å². The van der Waals surface area contributed by atoms with Crippen LogP contribution in [0.1, 0.15) is 31.5 Å². The van der Waals surface area contributed by atoms with E-state index in [4.69, 9.17) is 9.47 Å². The van der Waals surface area contributed by atoms with E-state index >= 15 is 0 Å². The predicted molar refractivity (Wildman–Crippen MR) is 136 cm³/mol. The maximum Gasteiger partial charge on any atom is 0.295 e. The van der Waals surface area contributed by atoms with Crippen LogP contribution in [0.4, 0.5) is 5.69 Å². The molecule has 1 aromatic heterocycles. The molecular weight excluding hydrogens is 444 g/mol. The third-order valence-corrected chi connectivity index (χ3v) is 5.61. The molecule has 0 saturated carbocycles. The first kappa shape index (κ1) is 25.4. The Labute approximate surface area is 205 Å². The minimum absolute atomic E-state index is 0.119. The lowest BCUT2D eigenvalue weighted by Gasteiger charge is -2.12. The lowest BCUT2D eigenvalue weighted by atomic mass is 10.1. The van der Waals surface area contributed by atoms with Crippen molar-refractivity contribution in [1.29, 1.82) is 5.26 Å². The molecule has 182 valence electrons. The van der Waals surface area contributed by atoms with Gasteiger partial charge >= 0.3 is 0 Å². The van der Waals surface area contributed by atoms with Gasteiger partial charge in [0.05, 0.1) is 25.1 Å². The quantitative estimate of drug-likeness (QED) is 0.365. The van der Waals surface area contributed by atoms with E-state index < -0.39 is 5.91 Å². The van der Waals surface area contributed by atoms with Gasteiger partial charge in [0.1, 0.15) is 17.3 Å². The molecule has 3 aromatic rings. The number of carbonyl (C=O) groups is 1. The van der Waals surface area contributed by atoms with E-state index in [-0.39, 0.29) is 16.8 Å². The number of amides is 1. The number of benzene rings is 2. The maximum absolute atomic E-state index is 13.1. The average Bonchev–Trinajstić information content (AvgIpc) is 3.06. The monoisotopic (exact) mass is 474 g/mol. The molecule has 0 saturated heterocycles. The Morgan fingerprint density at radius 2 is 1.89 bits per heavy atom. The second-order valence-electron chi connectivity index (χ2n) is 8.50. The van der Waals surface area contributed by atoms with Crippen molar-refractivity contribution >= 4 is 17.7 Å². The normalized spacial score (nSPS) is 11.3. The van der Waals surface area contributed by atoms with E-state index in [1.807, 2.05) is 24.3 Å². The van der Waals surface area contributed by atoms with Gasteiger partial charge in [-0.1, -0.05) is 38.1 Å². The molecule has 0 spiro atoms. The van der Waals surface area contributed by atoms with Crippen molar-refractivity contribution in [2.75, 3.05) is 19.0 Å². The number of nitrogens with one attached hydrogen (secondary N) is 1. The van der Waals surface area contributed by atoms with Gasteiger partial charge < -0.3 is 14.8 Å². The number of aromatic nitrogens is 2. The molecule has 0 unspecified atom stereocenters. The van der Waals surface area contributed by atoms with Gasteiger partial charge in [-0.2, -0.15) is 5.26 Å². The molecule has 35 heavy (non-hydrogen) atoms. The van der Waals surface area contributed by atoms with Crippen LogP contribution in [-0.4, -0.2) is 29.0 Å². The van der Waals surface area contributed by atoms with Gasteiger partial charge in [-0.15, -0.1) is 0 Å². The van der Waals surface area contributed by atoms with Crippen LogP contribution in [0.2, 0.25) is 0 Å². The van der Waals surface area contributed by atoms with E-state index in [2.05, 4.69) is 19.2 Å². The van der Waals surface area contributed by atoms with Crippen molar-refractivity contribution in [2.45, 2.75) is 27.2 Å². The third kappa shape index (κ3) is 5.82. The van der Waals surface area contributed by atoms with E-state index in [0.29, 0.717) is 41.0 Å². The SMILES string of the molecule is COc1cc(/C=C(\C#N)C(=O)Nc2c(C)n(C)n(-c3ccccc3)c2=O)ccc1OCCC(C)C. The highest BCUT2D eigenvalue weighted by molar-refractivity contribution is 6.09. The zero-order chi connectivity index (χ0) is 25.5. The molecule has 8 heteroatoms. The minimum atomic E-state index is -0.672. The van der Waals surface area contributed by atoms with Gasteiger partial charge in [-0.3, -0.25) is 14.3 Å². The molecular formula is C27H30N4O4. The highest BCUT2D eigenvalue weighted by Gasteiger charge is 2.20. The first-order valence-corrected chi connectivity index (χ1v) is 11.3. The second kappa shape index (κ2) is 11.3. The van der Waals surface area contributed by atoms with Gasteiger partial charge in [0.15, 0.2) is 11.5 Å². The number of carbonyl (C=O) groups excluding carboxylic acids is 1. The topological polar surface area (TPSA) is 98.3 Å². The summed E-state index contributed by atoms with van der Waals surface area (Å²) < 4.78 is 14.3. The molecule has 1 amide bonds. The Kier molecular flexibility index (Phi) is 8.16. The Morgan fingerprint density at radius 1 is 1.17 bits per heavy atom. The molecule has 1 heterocycles. The van der Waals surface area contributed by atoms with Crippen LogP contribution >= 0.6 is 0 Å². The van der Waals surface area contributed by atoms with Gasteiger partial charge in [-0.05, 0) is 55.2 Å². The smallest absolute Gasteiger partial charge is 0.295 e. The Morgan fingerprint density at radius 3 is 2.51 bits per heavy atom. The van der Waals surface area contributed by atoms with Crippen molar-refractivity contribution in [3.8, 4) is 23.3 Å². The fourth-order valence-corrected chi connectivity index (χ4v) is 3.51. The van der Waals surface area contributed by atoms with Crippen molar-refractivity contribution in [1.82, 2.24) is 9.36 Å². The molecule has 0 aliphatic heterocycles. The summed E-state index contributed by atoms with van der Waals surface area (Å²) in [6, 6.07) is 16.2. The third-order valence-electron chi connectivity index (χ3n) is 5.61. The predicted octanol–water partition coefficient (Wildman–Crippen LogP) is 4.46. The number of hydrogen-bond acceptors (Lipinski definition) is 5. The number of rotatable bonds is 9. The zero-order valence-electron chi connectivity index (χ0n) is 20.7. The van der Waals surface area contributed by atoms with Crippen molar-refractivity contribution in [2.24, 2.45) is 13.0 Å². The van der Waals surface area contributed by atoms with E-state index in [1.54, 1.807) is 49.0 Å². The summed E-state index contributed by atoms with van der Waals surface area (Å²) in [6.07, 6.45) is 2.36. The number of hydrogen-bond donors (Lipinski definition) is 1. The summed E-state index contributed by atoms with van der Waals surface area (Å²) in [5.74, 6) is 0.944. The summed E-state index contributed by atoms with van der Waals surface area (Å²) in [7, 11) is 3.27. The maximum atomic E-state index is 13.1. The lowest BCUT2D eigenvalue weighted by molar-refractivity contribution is -0.112. The van der Waals surface area contributed by atoms with Gasteiger partial charge in [0.25, 0.3) is 11.5 Å². The molecule has 0 bridgehead atoms. The molecule has 0 radical (unpaired) electrons. The highest BCUT2D eigenvalue weighted by atomic mass is 16.5. The fourth-order valence-electron chi connectivity index (χ4n) is 3.51. The number of nitriles is 1. The van der Waals surface area contributed by atoms with Crippen LogP contribution in [-0.2, 0) is 11.8 Å². The number of nitrogens with zero attached hydrogens (tertiary/aromatic N) is 3. The largest absolute Gasteiger partial charge is 0.493 e. The van der Waals surface area contributed by atoms with Crippen LogP contribution < -0.4 is 20.3 Å². The van der Waals surface area contributed by atoms with Gasteiger partial charge in [-0.25, -0.2) is 4.68 Å². The fraction of sp³-hybridized carbons (Fsp3) is 0.296. The van der Waals surface area contributed by atoms with Crippen LogP contribution in [0.3, 0.4) is 0 Å². The Balaban J connectivity index is 1.85. The van der Waals surface area contributed by atoms with E-state index in [9.17, 15) is 14.9 Å². The van der Waals surface area contributed by atoms with Gasteiger partial charge in [0, 0.05) is 7.05 Å². The minimum Gasteiger partial charge on any atom is -0.493 e. The standard InChI is InChI=1S/C27H30N4O4/c1-18(2)13-14-35-23-12-11-20(16-24(23)34-5)15-21(17-28)26(32)29-25-19(3)30(4)31(27(25)33)22-9-7-6-8-10-22/h6-12,15-16,18H,13-14H2,1-5H3,(H,29,32)/b21-15+. The molecule has 0 aliphatic rings. The highest BCUT2D eigenvalue weighted by Crippen LogP contribution is 2.29. The molecule has 1 N–H and O–H groups in total. The molecule has 0 fully saturated rings. The van der Waals surface area contributed by atoms with Crippen LogP contribution in [0, 0.1) is 24.2 Å². The lowest BCUT2D eigenvalue weighted by Crippen LogP contribution is -2.23. The summed E-state index contributed by atoms with van der Waals surface area (Å²) in [4.78, 5) is 26.0.